The first-order valence-electron chi connectivity index (χ1n) is 6.62. The van der Waals surface area contributed by atoms with Gasteiger partial charge in [0.15, 0.2) is 0 Å². The summed E-state index contributed by atoms with van der Waals surface area (Å²) >= 11 is 0. The van der Waals surface area contributed by atoms with Gasteiger partial charge in [0, 0.05) is 11.6 Å². The van der Waals surface area contributed by atoms with E-state index in [1.165, 1.54) is 37.7 Å². The van der Waals surface area contributed by atoms with Gasteiger partial charge in [-0.15, -0.1) is 0 Å². The molecule has 0 heterocycles. The average molecular weight is 215 g/mol. The molecule has 0 spiro atoms. The van der Waals surface area contributed by atoms with Crippen LogP contribution in [0.5, 0.6) is 0 Å². The largest absolute Gasteiger partial charge is 0.305 e. The molecular weight excluding hydrogens is 194 g/mol. The van der Waals surface area contributed by atoms with Crippen LogP contribution in [0.15, 0.2) is 30.3 Å². The maximum atomic E-state index is 3.91. The fourth-order valence-corrected chi connectivity index (χ4v) is 3.13. The molecule has 0 bridgehead atoms. The maximum Gasteiger partial charge on any atom is 0.0438 e. The van der Waals surface area contributed by atoms with Crippen molar-refractivity contribution in [2.45, 2.75) is 50.6 Å². The Hall–Kier alpha value is -0.820. The lowest BCUT2D eigenvalue weighted by Crippen LogP contribution is -2.36. The fourth-order valence-electron chi connectivity index (χ4n) is 3.13. The van der Waals surface area contributed by atoms with Gasteiger partial charge in [-0.1, -0.05) is 37.3 Å². The molecule has 2 aliphatic carbocycles. The van der Waals surface area contributed by atoms with Crippen molar-refractivity contribution < 1.29 is 0 Å². The lowest BCUT2D eigenvalue weighted by atomic mass is 10.0. The van der Waals surface area contributed by atoms with Crippen LogP contribution in [-0.2, 0) is 5.54 Å². The van der Waals surface area contributed by atoms with Gasteiger partial charge in [0.05, 0.1) is 0 Å². The number of hydrogen-bond donors (Lipinski definition) is 1. The molecule has 86 valence electrons. The van der Waals surface area contributed by atoms with Gasteiger partial charge in [0.1, 0.15) is 0 Å². The molecule has 1 heteroatoms. The van der Waals surface area contributed by atoms with Crippen molar-refractivity contribution >= 4 is 0 Å². The van der Waals surface area contributed by atoms with Crippen molar-refractivity contribution in [3.05, 3.63) is 35.9 Å². The zero-order chi connectivity index (χ0) is 11.0. The topological polar surface area (TPSA) is 12.0 Å². The van der Waals surface area contributed by atoms with E-state index in [1.54, 1.807) is 0 Å². The van der Waals surface area contributed by atoms with E-state index in [-0.39, 0.29) is 0 Å². The minimum absolute atomic E-state index is 0.343. The summed E-state index contributed by atoms with van der Waals surface area (Å²) in [7, 11) is 0. The quantitative estimate of drug-likeness (QED) is 0.814. The summed E-state index contributed by atoms with van der Waals surface area (Å²) in [4.78, 5) is 0. The predicted octanol–water partition coefficient (Wildman–Crippen LogP) is 3.45. The molecule has 2 atom stereocenters. The summed E-state index contributed by atoms with van der Waals surface area (Å²) < 4.78 is 0. The van der Waals surface area contributed by atoms with E-state index in [4.69, 9.17) is 0 Å². The highest BCUT2D eigenvalue weighted by Crippen LogP contribution is 2.47. The molecule has 0 aliphatic heterocycles. The first-order chi connectivity index (χ1) is 7.78. The van der Waals surface area contributed by atoms with Crippen LogP contribution < -0.4 is 5.32 Å². The Morgan fingerprint density at radius 3 is 2.44 bits per heavy atom. The zero-order valence-electron chi connectivity index (χ0n) is 10.1. The lowest BCUT2D eigenvalue weighted by Gasteiger charge is -2.23. The number of rotatable bonds is 3. The molecule has 1 aromatic carbocycles. The second-order valence-electron chi connectivity index (χ2n) is 5.71. The number of nitrogens with one attached hydrogen (secondary N) is 1. The van der Waals surface area contributed by atoms with Crippen molar-refractivity contribution in [1.29, 1.82) is 0 Å². The Bertz CT molecular complexity index is 353. The highest BCUT2D eigenvalue weighted by molar-refractivity contribution is 5.30. The van der Waals surface area contributed by atoms with Gasteiger partial charge < -0.3 is 5.32 Å². The molecule has 0 amide bonds. The van der Waals surface area contributed by atoms with Gasteiger partial charge in [-0.3, -0.25) is 0 Å². The summed E-state index contributed by atoms with van der Waals surface area (Å²) in [6, 6.07) is 11.7. The van der Waals surface area contributed by atoms with Gasteiger partial charge >= 0.3 is 0 Å². The van der Waals surface area contributed by atoms with Crippen molar-refractivity contribution in [1.82, 2.24) is 5.32 Å². The number of benzene rings is 1. The standard InChI is InChI=1S/C15H21N/c1-12-7-8-14(11-12)16-15(9-10-15)13-5-3-2-4-6-13/h2-6,12,14,16H,7-11H2,1H3. The molecule has 0 saturated heterocycles. The van der Waals surface area contributed by atoms with Crippen LogP contribution >= 0.6 is 0 Å². The van der Waals surface area contributed by atoms with Crippen molar-refractivity contribution in [3.63, 3.8) is 0 Å². The monoisotopic (exact) mass is 215 g/mol. The van der Waals surface area contributed by atoms with Crippen LogP contribution in [0.4, 0.5) is 0 Å². The van der Waals surface area contributed by atoms with Crippen LogP contribution in [-0.4, -0.2) is 6.04 Å². The fraction of sp³-hybridized carbons (Fsp3) is 0.600. The normalized spacial score (nSPS) is 31.6. The Morgan fingerprint density at radius 2 is 1.88 bits per heavy atom. The molecule has 16 heavy (non-hydrogen) atoms. The predicted molar refractivity (Wildman–Crippen MR) is 67.3 cm³/mol. The van der Waals surface area contributed by atoms with E-state index in [9.17, 15) is 0 Å². The minimum Gasteiger partial charge on any atom is -0.305 e. The second kappa shape index (κ2) is 3.89. The van der Waals surface area contributed by atoms with Gasteiger partial charge in [-0.25, -0.2) is 0 Å². The van der Waals surface area contributed by atoms with Gasteiger partial charge in [-0.05, 0) is 43.6 Å². The molecular formula is C15H21N. The summed E-state index contributed by atoms with van der Waals surface area (Å²) in [6.45, 7) is 2.38. The summed E-state index contributed by atoms with van der Waals surface area (Å²) in [6.07, 6.45) is 6.79. The average Bonchev–Trinajstić information content (AvgIpc) is 2.98. The SMILES string of the molecule is CC1CCC(NC2(c3ccccc3)CC2)C1. The third kappa shape index (κ3) is 1.89. The highest BCUT2D eigenvalue weighted by atomic mass is 15.1. The van der Waals surface area contributed by atoms with E-state index >= 15 is 0 Å². The van der Waals surface area contributed by atoms with Crippen LogP contribution in [0.2, 0.25) is 0 Å². The van der Waals surface area contributed by atoms with Crippen LogP contribution in [0.3, 0.4) is 0 Å². The molecule has 2 unspecified atom stereocenters. The minimum atomic E-state index is 0.343. The first kappa shape index (κ1) is 10.3. The van der Waals surface area contributed by atoms with Crippen LogP contribution in [0, 0.1) is 5.92 Å². The zero-order valence-corrected chi connectivity index (χ0v) is 10.1. The third-order valence-electron chi connectivity index (χ3n) is 4.25. The van der Waals surface area contributed by atoms with Gasteiger partial charge in [0.25, 0.3) is 0 Å². The molecule has 1 aromatic rings. The number of hydrogen-bond acceptors (Lipinski definition) is 1. The summed E-state index contributed by atoms with van der Waals surface area (Å²) in [5, 5.41) is 3.91. The van der Waals surface area contributed by atoms with E-state index in [0.29, 0.717) is 5.54 Å². The first-order valence-corrected chi connectivity index (χ1v) is 6.62. The Kier molecular flexibility index (Phi) is 2.51. The van der Waals surface area contributed by atoms with Crippen LogP contribution in [0.1, 0.15) is 44.6 Å². The van der Waals surface area contributed by atoms with E-state index in [2.05, 4.69) is 42.6 Å². The lowest BCUT2D eigenvalue weighted by molar-refractivity contribution is 0.415. The van der Waals surface area contributed by atoms with Crippen LogP contribution in [0.25, 0.3) is 0 Å². The molecule has 2 saturated carbocycles. The van der Waals surface area contributed by atoms with E-state index in [0.717, 1.165) is 12.0 Å². The van der Waals surface area contributed by atoms with E-state index in [1.807, 2.05) is 0 Å². The third-order valence-corrected chi connectivity index (χ3v) is 4.25. The Labute approximate surface area is 98.3 Å². The van der Waals surface area contributed by atoms with Crippen molar-refractivity contribution in [3.8, 4) is 0 Å². The Balaban J connectivity index is 1.70. The molecule has 0 radical (unpaired) electrons. The molecule has 0 aromatic heterocycles. The second-order valence-corrected chi connectivity index (χ2v) is 5.71. The summed E-state index contributed by atoms with van der Waals surface area (Å²) in [5.41, 5.74) is 1.84. The summed E-state index contributed by atoms with van der Waals surface area (Å²) in [5.74, 6) is 0.920. The highest BCUT2D eigenvalue weighted by Gasteiger charge is 2.45. The van der Waals surface area contributed by atoms with Crippen molar-refractivity contribution in [2.75, 3.05) is 0 Å². The van der Waals surface area contributed by atoms with Gasteiger partial charge in [-0.2, -0.15) is 0 Å². The molecule has 1 nitrogen and oxygen atoms in total. The Morgan fingerprint density at radius 1 is 1.12 bits per heavy atom. The van der Waals surface area contributed by atoms with Gasteiger partial charge in [0.2, 0.25) is 0 Å². The molecule has 2 aliphatic rings. The molecule has 1 N–H and O–H groups in total. The smallest absolute Gasteiger partial charge is 0.0438 e. The van der Waals surface area contributed by atoms with E-state index < -0.39 is 0 Å². The van der Waals surface area contributed by atoms with Crippen molar-refractivity contribution in [2.24, 2.45) is 5.92 Å². The maximum absolute atomic E-state index is 3.91. The molecule has 3 rings (SSSR count). The molecule has 2 fully saturated rings.